The molecule has 0 saturated heterocycles. The predicted molar refractivity (Wildman–Crippen MR) is 191 cm³/mol. The lowest BCUT2D eigenvalue weighted by Gasteiger charge is -2.14. The Hall–Kier alpha value is 0.330. The summed E-state index contributed by atoms with van der Waals surface area (Å²) in [6.45, 7) is 7.81. The summed E-state index contributed by atoms with van der Waals surface area (Å²) in [5.41, 5.74) is 0. The van der Waals surface area contributed by atoms with E-state index in [-0.39, 0.29) is 0 Å². The van der Waals surface area contributed by atoms with Crippen molar-refractivity contribution in [3.8, 4) is 0 Å². The molecule has 4 heteroatoms. The highest BCUT2D eigenvalue weighted by molar-refractivity contribution is 8.23. The van der Waals surface area contributed by atoms with Gasteiger partial charge >= 0.3 is 0 Å². The molecule has 0 aliphatic carbocycles. The van der Waals surface area contributed by atoms with Crippen LogP contribution in [0, 0.1) is 0 Å². The predicted octanol–water partition coefficient (Wildman–Crippen LogP) is 13.3. The van der Waals surface area contributed by atoms with Crippen LogP contribution in [0.3, 0.4) is 0 Å². The van der Waals surface area contributed by atoms with E-state index in [4.69, 9.17) is 24.4 Å². The molecule has 0 aromatic carbocycles. The fraction of sp³-hybridized carbons (Fsp3) is 0.943. The van der Waals surface area contributed by atoms with Gasteiger partial charge in [0.05, 0.1) is 4.99 Å². The van der Waals surface area contributed by atoms with Gasteiger partial charge in [-0.25, -0.2) is 0 Å². The van der Waals surface area contributed by atoms with Gasteiger partial charge in [0.1, 0.15) is 0 Å². The summed E-state index contributed by atoms with van der Waals surface area (Å²) in [7, 11) is 0. The minimum absolute atomic E-state index is 0.504. The molecule has 0 amide bonds. The molecule has 0 bridgehead atoms. The molecule has 1 N–H and O–H groups in total. The summed E-state index contributed by atoms with van der Waals surface area (Å²) >= 11 is 13.1. The smallest absolute Gasteiger partial charge is 0.0753 e. The Balaban J connectivity index is 3.40. The van der Waals surface area contributed by atoms with Gasteiger partial charge < -0.3 is 5.32 Å². The fourth-order valence-electron chi connectivity index (χ4n) is 5.26. The Kier molecular flexibility index (Phi) is 33.1. The van der Waals surface area contributed by atoms with Crippen LogP contribution in [0.1, 0.15) is 201 Å². The van der Waals surface area contributed by atoms with E-state index >= 15 is 0 Å². The molecule has 0 fully saturated rings. The number of hydrogen-bond acceptors (Lipinski definition) is 3. The maximum atomic E-state index is 5.66. The molecule has 0 aromatic heterocycles. The van der Waals surface area contributed by atoms with Gasteiger partial charge in [0, 0.05) is 16.0 Å². The zero-order valence-electron chi connectivity index (χ0n) is 26.8. The van der Waals surface area contributed by atoms with Gasteiger partial charge in [0.2, 0.25) is 0 Å². The summed E-state index contributed by atoms with van der Waals surface area (Å²) in [6.07, 6.45) is 38.6. The zero-order chi connectivity index (χ0) is 28.7. The van der Waals surface area contributed by atoms with Crippen LogP contribution in [0.5, 0.6) is 0 Å². The number of hydrogen-bond donors (Lipinski definition) is 1. The molecule has 0 aliphatic heterocycles. The van der Waals surface area contributed by atoms with Crippen LogP contribution in [0.25, 0.3) is 0 Å². The highest BCUT2D eigenvalue weighted by Crippen LogP contribution is 2.19. The van der Waals surface area contributed by atoms with Gasteiger partial charge in [0.25, 0.3) is 0 Å². The molecule has 1 unspecified atom stereocenters. The number of rotatable bonds is 31. The molecule has 0 saturated carbocycles. The Labute approximate surface area is 262 Å². The monoisotopic (exact) mass is 599 g/mol. The summed E-state index contributed by atoms with van der Waals surface area (Å²) < 4.78 is 1.19. The van der Waals surface area contributed by atoms with E-state index < -0.39 is 0 Å². The van der Waals surface area contributed by atoms with Gasteiger partial charge in [-0.15, -0.1) is 11.8 Å². The molecule has 0 rings (SSSR count). The lowest BCUT2D eigenvalue weighted by molar-refractivity contribution is 0.540. The number of thiocarbonyl (C=S) groups is 2. The summed E-state index contributed by atoms with van der Waals surface area (Å²) in [4.78, 5) is 1.05. The molecule has 0 aliphatic rings. The average Bonchev–Trinajstić information content (AvgIpc) is 2.92. The number of nitrogens with one attached hydrogen (secondary N) is 1. The van der Waals surface area contributed by atoms with Crippen molar-refractivity contribution >= 4 is 45.4 Å². The van der Waals surface area contributed by atoms with E-state index in [1.165, 1.54) is 171 Å². The van der Waals surface area contributed by atoms with Gasteiger partial charge in [0.15, 0.2) is 0 Å². The molecule has 0 aromatic rings. The second-order valence-corrected chi connectivity index (χ2v) is 14.9. The molecule has 0 spiro atoms. The van der Waals surface area contributed by atoms with E-state index in [2.05, 4.69) is 26.1 Å². The standard InChI is InChI=1S/C35H69NS3/c1-4-6-8-10-12-14-16-18-20-22-24-26-28-30-34(37)36-32-33(3)39-35(38)31-29-27-25-23-21-19-17-15-13-11-9-7-5-2/h33H,4-32H2,1-3H3,(H,36,37). The van der Waals surface area contributed by atoms with Crippen LogP contribution in [-0.4, -0.2) is 21.0 Å². The zero-order valence-corrected chi connectivity index (χ0v) is 29.3. The third-order valence-electron chi connectivity index (χ3n) is 7.91. The van der Waals surface area contributed by atoms with E-state index in [0.29, 0.717) is 5.25 Å². The summed E-state index contributed by atoms with van der Waals surface area (Å²) in [6, 6.07) is 0. The lowest BCUT2D eigenvalue weighted by Crippen LogP contribution is -2.28. The molecule has 1 atom stereocenters. The van der Waals surface area contributed by atoms with Crippen LogP contribution in [-0.2, 0) is 0 Å². The van der Waals surface area contributed by atoms with Crippen molar-refractivity contribution in [2.75, 3.05) is 6.54 Å². The first-order chi connectivity index (χ1) is 19.1. The topological polar surface area (TPSA) is 12.0 Å². The van der Waals surface area contributed by atoms with Crippen molar-refractivity contribution < 1.29 is 0 Å². The molecule has 1 nitrogen and oxygen atoms in total. The van der Waals surface area contributed by atoms with Crippen molar-refractivity contribution in [2.45, 2.75) is 206 Å². The van der Waals surface area contributed by atoms with Crippen molar-refractivity contribution in [1.29, 1.82) is 0 Å². The first kappa shape index (κ1) is 39.3. The van der Waals surface area contributed by atoms with E-state index in [0.717, 1.165) is 24.4 Å². The van der Waals surface area contributed by atoms with Crippen LogP contribution < -0.4 is 5.32 Å². The molecule has 0 heterocycles. The first-order valence-corrected chi connectivity index (χ1v) is 19.3. The maximum Gasteiger partial charge on any atom is 0.0753 e. The molecule has 232 valence electrons. The van der Waals surface area contributed by atoms with Crippen molar-refractivity contribution in [3.63, 3.8) is 0 Å². The van der Waals surface area contributed by atoms with Gasteiger partial charge in [-0.2, -0.15) is 0 Å². The van der Waals surface area contributed by atoms with Gasteiger partial charge in [-0.1, -0.05) is 199 Å². The normalized spacial score (nSPS) is 12.1. The fourth-order valence-corrected chi connectivity index (χ4v) is 7.00. The maximum absolute atomic E-state index is 5.66. The second-order valence-electron chi connectivity index (χ2n) is 12.1. The van der Waals surface area contributed by atoms with Crippen LogP contribution in [0.2, 0.25) is 0 Å². The molecule has 0 radical (unpaired) electrons. The summed E-state index contributed by atoms with van der Waals surface area (Å²) in [5.74, 6) is 0. The van der Waals surface area contributed by atoms with Crippen molar-refractivity contribution in [3.05, 3.63) is 0 Å². The largest absolute Gasteiger partial charge is 0.379 e. The number of thioether (sulfide) groups is 1. The van der Waals surface area contributed by atoms with E-state index in [1.54, 1.807) is 0 Å². The van der Waals surface area contributed by atoms with Gasteiger partial charge in [-0.3, -0.25) is 0 Å². The highest BCUT2D eigenvalue weighted by atomic mass is 32.2. The van der Waals surface area contributed by atoms with Crippen LogP contribution >= 0.6 is 36.2 Å². The Morgan fingerprint density at radius 1 is 0.487 bits per heavy atom. The van der Waals surface area contributed by atoms with E-state index in [9.17, 15) is 0 Å². The van der Waals surface area contributed by atoms with Crippen LogP contribution in [0.4, 0.5) is 0 Å². The van der Waals surface area contributed by atoms with E-state index in [1.807, 2.05) is 11.8 Å². The minimum atomic E-state index is 0.504. The molecular weight excluding hydrogens is 531 g/mol. The van der Waals surface area contributed by atoms with Crippen LogP contribution in [0.15, 0.2) is 0 Å². The Morgan fingerprint density at radius 3 is 1.15 bits per heavy atom. The minimum Gasteiger partial charge on any atom is -0.379 e. The van der Waals surface area contributed by atoms with Crippen molar-refractivity contribution in [2.24, 2.45) is 0 Å². The third-order valence-corrected chi connectivity index (χ3v) is 9.79. The Morgan fingerprint density at radius 2 is 0.795 bits per heavy atom. The van der Waals surface area contributed by atoms with Gasteiger partial charge in [-0.05, 0) is 25.7 Å². The van der Waals surface area contributed by atoms with Crippen molar-refractivity contribution in [1.82, 2.24) is 5.32 Å². The molecular formula is C35H69NS3. The Bertz CT molecular complexity index is 522. The average molecular weight is 600 g/mol. The third kappa shape index (κ3) is 32.7. The summed E-state index contributed by atoms with van der Waals surface area (Å²) in [5, 5.41) is 4.00. The second kappa shape index (κ2) is 32.8. The quantitative estimate of drug-likeness (QED) is 0.0628. The SMILES string of the molecule is CCCCCCCCCCCCCCCC(=S)NCC(C)SC(=S)CCCCCCCCCCCCCCC. The number of unbranched alkanes of at least 4 members (excludes halogenated alkanes) is 24. The first-order valence-electron chi connectivity index (χ1n) is 17.6. The molecule has 39 heavy (non-hydrogen) atoms. The lowest BCUT2D eigenvalue weighted by atomic mass is 10.0. The highest BCUT2D eigenvalue weighted by Gasteiger charge is 2.08.